The maximum atomic E-state index is 13.8. The molecule has 4 nitrogen and oxygen atoms in total. The number of phosphoric acid groups is 1. The van der Waals surface area contributed by atoms with Gasteiger partial charge in [-0.15, -0.1) is 0 Å². The van der Waals surface area contributed by atoms with Gasteiger partial charge in [0.05, 0.1) is 0 Å². The van der Waals surface area contributed by atoms with E-state index in [0.717, 1.165) is 57.3 Å². The Bertz CT molecular complexity index is 1850. The summed E-state index contributed by atoms with van der Waals surface area (Å²) in [5, 5.41) is 0. The lowest BCUT2D eigenvalue weighted by Crippen LogP contribution is -2.12. The van der Waals surface area contributed by atoms with E-state index in [4.69, 9.17) is 9.05 Å². The van der Waals surface area contributed by atoms with Crippen LogP contribution < -0.4 is 9.05 Å². The van der Waals surface area contributed by atoms with Gasteiger partial charge >= 0.3 is 7.82 Å². The van der Waals surface area contributed by atoms with Crippen molar-refractivity contribution in [3.8, 4) is 11.5 Å². The van der Waals surface area contributed by atoms with Gasteiger partial charge in [-0.1, -0.05) is 146 Å². The molecule has 0 unspecified atom stereocenters. The molecule has 46 heavy (non-hydrogen) atoms. The molecule has 0 aromatic heterocycles. The molecule has 0 atom stereocenters. The van der Waals surface area contributed by atoms with Crippen molar-refractivity contribution >= 4 is 7.82 Å². The highest BCUT2D eigenvalue weighted by Gasteiger charge is 2.33. The molecular weight excluding hydrogens is 587 g/mol. The highest BCUT2D eigenvalue weighted by atomic mass is 31.2. The topological polar surface area (TPSA) is 55.8 Å². The molecule has 0 saturated heterocycles. The van der Waals surface area contributed by atoms with Crippen LogP contribution in [-0.2, 0) is 36.7 Å². The van der Waals surface area contributed by atoms with Crippen molar-refractivity contribution in [1.82, 2.24) is 0 Å². The van der Waals surface area contributed by atoms with Crippen molar-refractivity contribution < 1.29 is 18.5 Å². The fraction of sp³-hybridized carbons (Fsp3) is 0.122. The van der Waals surface area contributed by atoms with Crippen LogP contribution in [0.2, 0.25) is 0 Å². The van der Waals surface area contributed by atoms with Crippen molar-refractivity contribution in [2.75, 3.05) is 0 Å². The molecule has 1 heterocycles. The van der Waals surface area contributed by atoms with Crippen molar-refractivity contribution in [3.63, 3.8) is 0 Å². The van der Waals surface area contributed by atoms with Gasteiger partial charge in [0.1, 0.15) is 11.5 Å². The molecule has 7 rings (SSSR count). The average molecular weight is 623 g/mol. The molecule has 0 spiro atoms. The third-order valence-corrected chi connectivity index (χ3v) is 9.20. The van der Waals surface area contributed by atoms with Crippen LogP contribution in [-0.4, -0.2) is 4.89 Å². The first kappa shape index (κ1) is 29.8. The zero-order chi connectivity index (χ0) is 31.3. The summed E-state index contributed by atoms with van der Waals surface area (Å²) in [6, 6.07) is 49.5. The summed E-state index contributed by atoms with van der Waals surface area (Å²) in [6.45, 7) is 0. The zero-order valence-corrected chi connectivity index (χ0v) is 26.4. The maximum Gasteiger partial charge on any atom is 0.584 e. The highest BCUT2D eigenvalue weighted by Crippen LogP contribution is 2.52. The van der Waals surface area contributed by atoms with Gasteiger partial charge in [-0.2, -0.15) is 0 Å². The molecule has 0 bridgehead atoms. The predicted octanol–water partition coefficient (Wildman–Crippen LogP) is 9.51. The highest BCUT2D eigenvalue weighted by molar-refractivity contribution is 7.48. The summed E-state index contributed by atoms with van der Waals surface area (Å²) in [7, 11) is -4.55. The van der Waals surface area contributed by atoms with Crippen LogP contribution in [0.5, 0.6) is 11.5 Å². The Hall–Kier alpha value is -4.89. The largest absolute Gasteiger partial charge is 0.584 e. The van der Waals surface area contributed by atoms with Crippen molar-refractivity contribution in [3.05, 3.63) is 201 Å². The Labute approximate surface area is 270 Å². The molecule has 0 fully saturated rings. The average Bonchev–Trinajstić information content (AvgIpc) is 3.05. The molecule has 0 saturated carbocycles. The van der Waals surface area contributed by atoms with Gasteiger partial charge in [0.25, 0.3) is 0 Å². The van der Waals surface area contributed by atoms with E-state index in [9.17, 15) is 9.46 Å². The van der Waals surface area contributed by atoms with E-state index in [1.807, 2.05) is 48.5 Å². The molecule has 1 aliphatic rings. The van der Waals surface area contributed by atoms with Gasteiger partial charge in [-0.05, 0) is 68.5 Å². The molecule has 5 heteroatoms. The van der Waals surface area contributed by atoms with Crippen LogP contribution in [0.4, 0.5) is 0 Å². The Balaban J connectivity index is 1.38. The van der Waals surface area contributed by atoms with Gasteiger partial charge in [0, 0.05) is 19.3 Å². The second kappa shape index (κ2) is 13.2. The van der Waals surface area contributed by atoms with Crippen molar-refractivity contribution in [1.29, 1.82) is 0 Å². The third-order valence-electron chi connectivity index (χ3n) is 8.38. The summed E-state index contributed by atoms with van der Waals surface area (Å²) in [5.74, 6) is 0.852. The second-order valence-corrected chi connectivity index (χ2v) is 13.3. The Kier molecular flexibility index (Phi) is 8.57. The van der Waals surface area contributed by atoms with Gasteiger partial charge in [-0.25, -0.2) is 4.57 Å². The van der Waals surface area contributed by atoms with Crippen LogP contribution in [0.1, 0.15) is 55.6 Å². The van der Waals surface area contributed by atoms with Crippen LogP contribution in [0.15, 0.2) is 146 Å². The van der Waals surface area contributed by atoms with Crippen LogP contribution >= 0.6 is 7.82 Å². The molecule has 228 valence electrons. The Morgan fingerprint density at radius 2 is 0.783 bits per heavy atom. The molecule has 0 aliphatic carbocycles. The molecule has 0 radical (unpaired) electrons. The van der Waals surface area contributed by atoms with E-state index in [0.29, 0.717) is 30.8 Å². The number of rotatable bonds is 8. The van der Waals surface area contributed by atoms with Crippen LogP contribution in [0.25, 0.3) is 0 Å². The van der Waals surface area contributed by atoms with E-state index in [1.54, 1.807) is 0 Å². The lowest BCUT2D eigenvalue weighted by Gasteiger charge is -2.26. The fourth-order valence-electron chi connectivity index (χ4n) is 6.37. The van der Waals surface area contributed by atoms with Crippen molar-refractivity contribution in [2.24, 2.45) is 0 Å². The zero-order valence-electron chi connectivity index (χ0n) is 25.5. The summed E-state index contributed by atoms with van der Waals surface area (Å²) >= 11 is 0. The van der Waals surface area contributed by atoms with E-state index in [1.165, 1.54) is 11.1 Å². The molecule has 0 amide bonds. The normalized spacial score (nSPS) is 13.3. The standard InChI is InChI=1S/C41H35O4P/c42-46(43)44-40-36(23-32-17-9-3-10-18-32)25-34(21-30-13-5-1-6-14-30)27-38(40)29-39-28-35(22-31-15-7-2-8-16-31)26-37(41(39)45-46)24-33-19-11-4-12-20-33/h1-20,25-28H,21-24,29H2,(H,42,43). The number of benzene rings is 6. The lowest BCUT2D eigenvalue weighted by molar-refractivity contribution is 0.285. The minimum Gasteiger partial charge on any atom is -0.395 e. The minimum absolute atomic E-state index is 0.426. The number of hydrogen-bond donors (Lipinski definition) is 1. The predicted molar refractivity (Wildman–Crippen MR) is 184 cm³/mol. The van der Waals surface area contributed by atoms with E-state index in [2.05, 4.69) is 97.1 Å². The first-order chi connectivity index (χ1) is 22.5. The van der Waals surface area contributed by atoms with Gasteiger partial charge in [0.2, 0.25) is 0 Å². The molecule has 6 aromatic rings. The lowest BCUT2D eigenvalue weighted by atomic mass is 9.90. The smallest absolute Gasteiger partial charge is 0.395 e. The van der Waals surface area contributed by atoms with E-state index in [-0.39, 0.29) is 0 Å². The summed E-state index contributed by atoms with van der Waals surface area (Å²) < 4.78 is 25.8. The van der Waals surface area contributed by atoms with E-state index >= 15 is 0 Å². The first-order valence-corrected chi connectivity index (χ1v) is 17.1. The molecule has 1 aliphatic heterocycles. The van der Waals surface area contributed by atoms with Crippen LogP contribution in [0.3, 0.4) is 0 Å². The molecule has 6 aromatic carbocycles. The second-order valence-electron chi connectivity index (χ2n) is 12.0. The number of hydrogen-bond acceptors (Lipinski definition) is 3. The fourth-order valence-corrected chi connectivity index (χ4v) is 7.33. The van der Waals surface area contributed by atoms with Crippen molar-refractivity contribution in [2.45, 2.75) is 32.1 Å². The van der Waals surface area contributed by atoms with Crippen LogP contribution in [0, 0.1) is 0 Å². The Morgan fingerprint density at radius 3 is 1.13 bits per heavy atom. The Morgan fingerprint density at radius 1 is 0.457 bits per heavy atom. The SMILES string of the molecule is O=P1(O)Oc2c(Cc3ccccc3)cc(Cc3ccccc3)cc2Cc2cc(Cc3ccccc3)cc(Cc3ccccc3)c2O1. The maximum absolute atomic E-state index is 13.8. The number of fused-ring (bicyclic) bond motifs is 2. The molecular formula is C41H35O4P. The van der Waals surface area contributed by atoms with Gasteiger partial charge in [-0.3, -0.25) is 4.89 Å². The number of phosphoric ester groups is 1. The summed E-state index contributed by atoms with van der Waals surface area (Å²) in [5.41, 5.74) is 10.3. The van der Waals surface area contributed by atoms with Gasteiger partial charge < -0.3 is 9.05 Å². The van der Waals surface area contributed by atoms with E-state index < -0.39 is 7.82 Å². The summed E-state index contributed by atoms with van der Waals surface area (Å²) in [6.07, 6.45) is 3.10. The van der Waals surface area contributed by atoms with Gasteiger partial charge in [0.15, 0.2) is 0 Å². The first-order valence-electron chi connectivity index (χ1n) is 15.6. The quantitative estimate of drug-likeness (QED) is 0.172. The monoisotopic (exact) mass is 622 g/mol. The minimum atomic E-state index is -4.55. The molecule has 1 N–H and O–H groups in total. The summed E-state index contributed by atoms with van der Waals surface area (Å²) in [4.78, 5) is 11.3. The third kappa shape index (κ3) is 7.15.